The molecule has 0 atom stereocenters. The van der Waals surface area contributed by atoms with Crippen LogP contribution in [0.2, 0.25) is 0 Å². The highest BCUT2D eigenvalue weighted by Gasteiger charge is 1.83. The summed E-state index contributed by atoms with van der Waals surface area (Å²) in [5, 5.41) is 0. The minimum absolute atomic E-state index is 0.442. The lowest BCUT2D eigenvalue weighted by atomic mass is 10.3. The van der Waals surface area contributed by atoms with Crippen molar-refractivity contribution in [3.63, 3.8) is 0 Å². The van der Waals surface area contributed by atoms with E-state index in [4.69, 9.17) is 0 Å². The van der Waals surface area contributed by atoms with Gasteiger partial charge in [0.2, 0.25) is 0 Å². The first-order valence-corrected chi connectivity index (χ1v) is 3.54. The Morgan fingerprint density at radius 1 is 1.43 bits per heavy atom. The molecule has 0 aromatic rings. The minimum Gasteiger partial charge on any atom is -0.165 e. The van der Waals surface area contributed by atoms with Crippen LogP contribution in [-0.2, 0) is 0 Å². The van der Waals surface area contributed by atoms with Crippen LogP contribution in [0.15, 0.2) is 0 Å². The van der Waals surface area contributed by atoms with Gasteiger partial charge in [-0.25, -0.2) is 0 Å². The predicted octanol–water partition coefficient (Wildman–Crippen LogP) is 2.79. The van der Waals surface area contributed by atoms with E-state index < -0.39 is 0 Å². The molecule has 0 radical (unpaired) electrons. The molecule has 0 aromatic carbocycles. The molecule has 0 saturated heterocycles. The van der Waals surface area contributed by atoms with Crippen molar-refractivity contribution in [2.75, 3.05) is 5.75 Å². The molecule has 0 nitrogen and oxygen atoms in total. The van der Waals surface area contributed by atoms with Gasteiger partial charge in [-0.2, -0.15) is 3.89 Å². The Balaban J connectivity index is 2.45. The Labute approximate surface area is 48.8 Å². The highest BCUT2D eigenvalue weighted by molar-refractivity contribution is 7.94. The van der Waals surface area contributed by atoms with Gasteiger partial charge in [-0.15, -0.1) is 0 Å². The molecule has 0 aliphatic carbocycles. The Kier molecular flexibility index (Phi) is 6.53. The van der Waals surface area contributed by atoms with Crippen molar-refractivity contribution in [1.29, 1.82) is 0 Å². The molecule has 0 fully saturated rings. The fourth-order valence-electron chi connectivity index (χ4n) is 0.407. The van der Waals surface area contributed by atoms with Gasteiger partial charge >= 0.3 is 0 Å². The van der Waals surface area contributed by atoms with Crippen LogP contribution < -0.4 is 0 Å². The van der Waals surface area contributed by atoms with Crippen molar-refractivity contribution in [3.05, 3.63) is 0 Å². The van der Waals surface area contributed by atoms with E-state index in [0.29, 0.717) is 17.9 Å². The average Bonchev–Trinajstić information content (AvgIpc) is 1.69. The standard InChI is InChI=1S/C5H11FS/c1-2-3-4-5-7-6/h2-5H2,1H3. The monoisotopic (exact) mass is 122 g/mol. The van der Waals surface area contributed by atoms with Crippen LogP contribution in [0.1, 0.15) is 26.2 Å². The third kappa shape index (κ3) is 6.28. The highest BCUT2D eigenvalue weighted by atomic mass is 32.2. The summed E-state index contributed by atoms with van der Waals surface area (Å²) >= 11 is 0.442. The van der Waals surface area contributed by atoms with Crippen molar-refractivity contribution < 1.29 is 3.89 Å². The first-order chi connectivity index (χ1) is 3.41. The van der Waals surface area contributed by atoms with Gasteiger partial charge in [0.1, 0.15) is 0 Å². The second kappa shape index (κ2) is 6.28. The number of halogens is 1. The fourth-order valence-corrected chi connectivity index (χ4v) is 0.720. The molecule has 0 heterocycles. The van der Waals surface area contributed by atoms with E-state index in [1.165, 1.54) is 6.42 Å². The van der Waals surface area contributed by atoms with Gasteiger partial charge < -0.3 is 0 Å². The van der Waals surface area contributed by atoms with Crippen LogP contribution in [0.4, 0.5) is 3.89 Å². The SMILES string of the molecule is CCCCCSF. The summed E-state index contributed by atoms with van der Waals surface area (Å²) in [5.41, 5.74) is 0. The summed E-state index contributed by atoms with van der Waals surface area (Å²) in [7, 11) is 0. The molecule has 0 rings (SSSR count). The van der Waals surface area contributed by atoms with Crippen molar-refractivity contribution in [1.82, 2.24) is 0 Å². The minimum atomic E-state index is 0.442. The summed E-state index contributed by atoms with van der Waals surface area (Å²) in [6, 6.07) is 0. The summed E-state index contributed by atoms with van der Waals surface area (Å²) in [6.07, 6.45) is 3.37. The zero-order valence-corrected chi connectivity index (χ0v) is 5.43. The lowest BCUT2D eigenvalue weighted by Crippen LogP contribution is -1.73. The third-order valence-electron chi connectivity index (χ3n) is 0.825. The number of unbranched alkanes of at least 4 members (excludes halogenated alkanes) is 2. The van der Waals surface area contributed by atoms with E-state index in [1.54, 1.807) is 0 Å². The van der Waals surface area contributed by atoms with Gasteiger partial charge in [-0.05, 0) is 6.42 Å². The van der Waals surface area contributed by atoms with Gasteiger partial charge in [0.15, 0.2) is 0 Å². The van der Waals surface area contributed by atoms with Crippen molar-refractivity contribution in [3.8, 4) is 0 Å². The maximum Gasteiger partial charge on any atom is 0.0443 e. The van der Waals surface area contributed by atoms with E-state index in [1.807, 2.05) is 0 Å². The van der Waals surface area contributed by atoms with Crippen molar-refractivity contribution in [2.45, 2.75) is 26.2 Å². The van der Waals surface area contributed by atoms with Crippen LogP contribution in [0.25, 0.3) is 0 Å². The first kappa shape index (κ1) is 7.28. The molecule has 0 unspecified atom stereocenters. The Hall–Kier alpha value is 0.280. The van der Waals surface area contributed by atoms with Crippen LogP contribution in [0.5, 0.6) is 0 Å². The summed E-state index contributed by atoms with van der Waals surface area (Å²) in [5.74, 6) is 0.674. The average molecular weight is 122 g/mol. The molecular weight excluding hydrogens is 111 g/mol. The molecule has 7 heavy (non-hydrogen) atoms. The summed E-state index contributed by atoms with van der Waals surface area (Å²) in [6.45, 7) is 2.11. The second-order valence-corrected chi connectivity index (χ2v) is 2.15. The maximum absolute atomic E-state index is 11.2. The molecule has 0 aliphatic rings. The highest BCUT2D eigenvalue weighted by Crippen LogP contribution is 2.05. The molecule has 0 bridgehead atoms. The quantitative estimate of drug-likeness (QED) is 0.517. The summed E-state index contributed by atoms with van der Waals surface area (Å²) < 4.78 is 11.2. The van der Waals surface area contributed by atoms with E-state index in [0.717, 1.165) is 12.8 Å². The van der Waals surface area contributed by atoms with Crippen LogP contribution in [0, 0.1) is 0 Å². The van der Waals surface area contributed by atoms with E-state index in [2.05, 4.69) is 6.92 Å². The third-order valence-corrected chi connectivity index (χ3v) is 1.27. The van der Waals surface area contributed by atoms with Gasteiger partial charge in [-0.1, -0.05) is 19.8 Å². The number of rotatable bonds is 4. The first-order valence-electron chi connectivity index (χ1n) is 2.65. The zero-order chi connectivity index (χ0) is 5.54. The number of hydrogen-bond acceptors (Lipinski definition) is 1. The van der Waals surface area contributed by atoms with Gasteiger partial charge in [0, 0.05) is 17.9 Å². The lowest BCUT2D eigenvalue weighted by molar-refractivity contribution is 0.771. The Morgan fingerprint density at radius 3 is 2.57 bits per heavy atom. The zero-order valence-electron chi connectivity index (χ0n) is 4.61. The molecule has 0 saturated carbocycles. The molecule has 0 aromatic heterocycles. The van der Waals surface area contributed by atoms with Gasteiger partial charge in [0.05, 0.1) is 0 Å². The topological polar surface area (TPSA) is 0 Å². The molecule has 0 amide bonds. The van der Waals surface area contributed by atoms with Crippen molar-refractivity contribution in [2.24, 2.45) is 0 Å². The predicted molar refractivity (Wildman–Crippen MR) is 33.1 cm³/mol. The molecule has 44 valence electrons. The van der Waals surface area contributed by atoms with Crippen LogP contribution in [0.3, 0.4) is 0 Å². The van der Waals surface area contributed by atoms with E-state index >= 15 is 0 Å². The maximum atomic E-state index is 11.2. The van der Waals surface area contributed by atoms with Crippen LogP contribution in [-0.4, -0.2) is 5.75 Å². The molecule has 0 spiro atoms. The van der Waals surface area contributed by atoms with Crippen LogP contribution >= 0.6 is 12.1 Å². The Bertz CT molecular complexity index is 27.3. The number of hydrogen-bond donors (Lipinski definition) is 0. The fraction of sp³-hybridized carbons (Fsp3) is 1.00. The molecular formula is C5H11FS. The molecule has 2 heteroatoms. The molecule has 0 N–H and O–H groups in total. The summed E-state index contributed by atoms with van der Waals surface area (Å²) in [4.78, 5) is 0. The van der Waals surface area contributed by atoms with Gasteiger partial charge in [0.25, 0.3) is 0 Å². The van der Waals surface area contributed by atoms with E-state index in [-0.39, 0.29) is 0 Å². The lowest BCUT2D eigenvalue weighted by Gasteiger charge is -1.88. The Morgan fingerprint density at radius 2 is 2.14 bits per heavy atom. The second-order valence-electron chi connectivity index (χ2n) is 1.52. The smallest absolute Gasteiger partial charge is 0.0443 e. The van der Waals surface area contributed by atoms with E-state index in [9.17, 15) is 3.89 Å². The molecule has 0 aliphatic heterocycles. The van der Waals surface area contributed by atoms with Gasteiger partial charge in [-0.3, -0.25) is 0 Å². The normalized spacial score (nSPS) is 9.43. The van der Waals surface area contributed by atoms with Crippen molar-refractivity contribution >= 4 is 12.1 Å². The largest absolute Gasteiger partial charge is 0.165 e.